The lowest BCUT2D eigenvalue weighted by molar-refractivity contribution is 0.258. The number of fused-ring (bicyclic) bond motifs is 1. The first-order chi connectivity index (χ1) is 5.58. The maximum atomic E-state index is 5.97. The molecule has 0 aliphatic heterocycles. The van der Waals surface area contributed by atoms with Crippen molar-refractivity contribution in [1.29, 1.82) is 0 Å². The third-order valence-corrected chi connectivity index (χ3v) is 2.56. The first-order valence-corrected chi connectivity index (χ1v) is 4.40. The molecule has 0 fully saturated rings. The van der Waals surface area contributed by atoms with Gasteiger partial charge >= 0.3 is 0 Å². The van der Waals surface area contributed by atoms with Crippen molar-refractivity contribution >= 4 is 0 Å². The Labute approximate surface area is 72.7 Å². The molecule has 1 aromatic rings. The standard InChI is InChI=1S/C10H15NO/c1-10(2)5-7-3-4-12-9(7)8(11)6-10/h3-4,8H,5-6,11H2,1-2H3. The molecule has 12 heavy (non-hydrogen) atoms. The third kappa shape index (κ3) is 1.16. The van der Waals surface area contributed by atoms with Crippen molar-refractivity contribution in [2.24, 2.45) is 11.1 Å². The molecule has 1 unspecified atom stereocenters. The average molecular weight is 165 g/mol. The van der Waals surface area contributed by atoms with Crippen LogP contribution in [0.5, 0.6) is 0 Å². The second kappa shape index (κ2) is 2.36. The molecular weight excluding hydrogens is 150 g/mol. The van der Waals surface area contributed by atoms with Gasteiger partial charge in [0.1, 0.15) is 5.76 Å². The Balaban J connectivity index is 2.38. The highest BCUT2D eigenvalue weighted by Crippen LogP contribution is 2.39. The first-order valence-electron chi connectivity index (χ1n) is 4.40. The third-order valence-electron chi connectivity index (χ3n) is 2.56. The van der Waals surface area contributed by atoms with E-state index in [-0.39, 0.29) is 6.04 Å². The van der Waals surface area contributed by atoms with Gasteiger partial charge in [-0.2, -0.15) is 0 Å². The smallest absolute Gasteiger partial charge is 0.123 e. The number of hydrogen-bond acceptors (Lipinski definition) is 2. The van der Waals surface area contributed by atoms with E-state index in [1.165, 1.54) is 5.56 Å². The summed E-state index contributed by atoms with van der Waals surface area (Å²) in [6, 6.07) is 2.13. The highest BCUT2D eigenvalue weighted by atomic mass is 16.3. The summed E-state index contributed by atoms with van der Waals surface area (Å²) >= 11 is 0. The largest absolute Gasteiger partial charge is 0.467 e. The monoisotopic (exact) mass is 165 g/mol. The Morgan fingerprint density at radius 1 is 1.58 bits per heavy atom. The summed E-state index contributed by atoms with van der Waals surface area (Å²) < 4.78 is 5.34. The summed E-state index contributed by atoms with van der Waals surface area (Å²) in [7, 11) is 0. The highest BCUT2D eigenvalue weighted by Gasteiger charge is 2.32. The van der Waals surface area contributed by atoms with E-state index in [0.717, 1.165) is 18.6 Å². The molecule has 2 rings (SSSR count). The molecule has 2 heteroatoms. The van der Waals surface area contributed by atoms with E-state index in [1.807, 2.05) is 6.07 Å². The van der Waals surface area contributed by atoms with Gasteiger partial charge in [0.15, 0.2) is 0 Å². The van der Waals surface area contributed by atoms with Crippen LogP contribution in [0.1, 0.15) is 37.6 Å². The van der Waals surface area contributed by atoms with Crippen LogP contribution in [0, 0.1) is 5.41 Å². The molecule has 0 radical (unpaired) electrons. The van der Waals surface area contributed by atoms with Gasteiger partial charge in [0.2, 0.25) is 0 Å². The Morgan fingerprint density at radius 3 is 3.08 bits per heavy atom. The molecular formula is C10H15NO. The number of nitrogens with two attached hydrogens (primary N) is 1. The topological polar surface area (TPSA) is 39.2 Å². The molecule has 66 valence electrons. The van der Waals surface area contributed by atoms with E-state index in [1.54, 1.807) is 6.26 Å². The normalized spacial score (nSPS) is 26.8. The molecule has 1 heterocycles. The summed E-state index contributed by atoms with van der Waals surface area (Å²) in [6.07, 6.45) is 3.85. The van der Waals surface area contributed by atoms with Crippen LogP contribution in [-0.2, 0) is 6.42 Å². The van der Waals surface area contributed by atoms with Gasteiger partial charge in [-0.05, 0) is 29.9 Å². The van der Waals surface area contributed by atoms with Crippen LogP contribution in [0.3, 0.4) is 0 Å². The van der Waals surface area contributed by atoms with Crippen molar-refractivity contribution < 1.29 is 4.42 Å². The van der Waals surface area contributed by atoms with Gasteiger partial charge in [-0.3, -0.25) is 0 Å². The molecule has 0 aromatic carbocycles. The van der Waals surface area contributed by atoms with Crippen LogP contribution in [-0.4, -0.2) is 0 Å². The van der Waals surface area contributed by atoms with Crippen molar-refractivity contribution in [2.75, 3.05) is 0 Å². The number of furan rings is 1. The van der Waals surface area contributed by atoms with Crippen LogP contribution in [0.25, 0.3) is 0 Å². The van der Waals surface area contributed by atoms with Gasteiger partial charge in [-0.25, -0.2) is 0 Å². The van der Waals surface area contributed by atoms with Crippen LogP contribution >= 0.6 is 0 Å². The summed E-state index contributed by atoms with van der Waals surface area (Å²) in [5.41, 5.74) is 7.59. The average Bonchev–Trinajstić information content (AvgIpc) is 2.31. The molecule has 1 aliphatic rings. The summed E-state index contributed by atoms with van der Waals surface area (Å²) in [5, 5.41) is 0. The van der Waals surface area contributed by atoms with Crippen molar-refractivity contribution in [2.45, 2.75) is 32.7 Å². The minimum absolute atomic E-state index is 0.0961. The fraction of sp³-hybridized carbons (Fsp3) is 0.600. The van der Waals surface area contributed by atoms with Gasteiger partial charge in [-0.1, -0.05) is 13.8 Å². The Hall–Kier alpha value is -0.760. The van der Waals surface area contributed by atoms with E-state index < -0.39 is 0 Å². The van der Waals surface area contributed by atoms with E-state index in [4.69, 9.17) is 10.2 Å². The SMILES string of the molecule is CC1(C)Cc2ccoc2C(N)C1. The summed E-state index contributed by atoms with van der Waals surface area (Å²) in [4.78, 5) is 0. The molecule has 0 spiro atoms. The molecule has 0 amide bonds. The maximum Gasteiger partial charge on any atom is 0.123 e. The second-order valence-electron chi connectivity index (χ2n) is 4.46. The van der Waals surface area contributed by atoms with E-state index >= 15 is 0 Å². The predicted molar refractivity (Wildman–Crippen MR) is 47.7 cm³/mol. The van der Waals surface area contributed by atoms with Crippen LogP contribution in [0.15, 0.2) is 16.7 Å². The van der Waals surface area contributed by atoms with Crippen LogP contribution in [0.4, 0.5) is 0 Å². The maximum absolute atomic E-state index is 5.97. The van der Waals surface area contributed by atoms with Crippen molar-refractivity contribution in [3.8, 4) is 0 Å². The highest BCUT2D eigenvalue weighted by molar-refractivity contribution is 5.24. The van der Waals surface area contributed by atoms with Crippen LogP contribution < -0.4 is 5.73 Å². The molecule has 1 atom stereocenters. The lowest BCUT2D eigenvalue weighted by Crippen LogP contribution is -2.28. The fourth-order valence-corrected chi connectivity index (χ4v) is 2.09. The van der Waals surface area contributed by atoms with Crippen molar-refractivity contribution in [1.82, 2.24) is 0 Å². The zero-order valence-corrected chi connectivity index (χ0v) is 7.63. The Morgan fingerprint density at radius 2 is 2.33 bits per heavy atom. The lowest BCUT2D eigenvalue weighted by Gasteiger charge is -2.32. The number of hydrogen-bond donors (Lipinski definition) is 1. The number of rotatable bonds is 0. The first kappa shape index (κ1) is 7.87. The molecule has 0 saturated carbocycles. The summed E-state index contributed by atoms with van der Waals surface area (Å²) in [5.74, 6) is 0.995. The Kier molecular flexibility index (Phi) is 1.55. The quantitative estimate of drug-likeness (QED) is 0.640. The van der Waals surface area contributed by atoms with Gasteiger partial charge in [-0.15, -0.1) is 0 Å². The molecule has 2 nitrogen and oxygen atoms in total. The van der Waals surface area contributed by atoms with Gasteiger partial charge in [0, 0.05) is 0 Å². The molecule has 2 N–H and O–H groups in total. The molecule has 0 saturated heterocycles. The zero-order chi connectivity index (χ0) is 8.77. The second-order valence-corrected chi connectivity index (χ2v) is 4.46. The van der Waals surface area contributed by atoms with Crippen molar-refractivity contribution in [3.05, 3.63) is 23.7 Å². The molecule has 1 aromatic heterocycles. The zero-order valence-electron chi connectivity index (χ0n) is 7.63. The van der Waals surface area contributed by atoms with Gasteiger partial charge < -0.3 is 10.2 Å². The van der Waals surface area contributed by atoms with Crippen LogP contribution in [0.2, 0.25) is 0 Å². The van der Waals surface area contributed by atoms with Crippen molar-refractivity contribution in [3.63, 3.8) is 0 Å². The molecule has 1 aliphatic carbocycles. The fourth-order valence-electron chi connectivity index (χ4n) is 2.09. The summed E-state index contributed by atoms with van der Waals surface area (Å²) in [6.45, 7) is 4.51. The molecule has 0 bridgehead atoms. The minimum Gasteiger partial charge on any atom is -0.467 e. The minimum atomic E-state index is 0.0961. The Bertz CT molecular complexity index is 288. The lowest BCUT2D eigenvalue weighted by atomic mass is 9.75. The van der Waals surface area contributed by atoms with E-state index in [9.17, 15) is 0 Å². The van der Waals surface area contributed by atoms with Gasteiger partial charge in [0.05, 0.1) is 12.3 Å². The predicted octanol–water partition coefficient (Wildman–Crippen LogP) is 2.25. The van der Waals surface area contributed by atoms with E-state index in [0.29, 0.717) is 5.41 Å². The van der Waals surface area contributed by atoms with Gasteiger partial charge in [0.25, 0.3) is 0 Å². The van der Waals surface area contributed by atoms with E-state index in [2.05, 4.69) is 13.8 Å².